The highest BCUT2D eigenvalue weighted by molar-refractivity contribution is 5.26. The molecule has 0 radical (unpaired) electrons. The van der Waals surface area contributed by atoms with Crippen LogP contribution in [0.15, 0.2) is 6.07 Å². The highest BCUT2D eigenvalue weighted by atomic mass is 16.5. The van der Waals surface area contributed by atoms with Gasteiger partial charge in [-0.25, -0.2) is 9.97 Å². The SMILES string of the molecule is N#Cc1cc([C@@H]2CCCO2)nc(C2CC2)n1. The van der Waals surface area contributed by atoms with Crippen LogP contribution in [-0.4, -0.2) is 16.6 Å². The molecule has 0 aromatic carbocycles. The number of ether oxygens (including phenoxy) is 1. The van der Waals surface area contributed by atoms with Gasteiger partial charge in [-0.05, 0) is 31.7 Å². The summed E-state index contributed by atoms with van der Waals surface area (Å²) in [5.41, 5.74) is 1.37. The molecule has 1 aromatic heterocycles. The monoisotopic (exact) mass is 215 g/mol. The van der Waals surface area contributed by atoms with Gasteiger partial charge >= 0.3 is 0 Å². The Morgan fingerprint density at radius 1 is 1.31 bits per heavy atom. The third-order valence-corrected chi connectivity index (χ3v) is 3.08. The molecule has 2 fully saturated rings. The molecule has 0 amide bonds. The van der Waals surface area contributed by atoms with Gasteiger partial charge < -0.3 is 4.74 Å². The number of nitrogens with zero attached hydrogens (tertiary/aromatic N) is 3. The van der Waals surface area contributed by atoms with Crippen LogP contribution in [-0.2, 0) is 4.74 Å². The molecule has 1 aliphatic heterocycles. The van der Waals surface area contributed by atoms with E-state index in [1.54, 1.807) is 6.07 Å². The summed E-state index contributed by atoms with van der Waals surface area (Å²) < 4.78 is 5.59. The molecule has 4 heteroatoms. The Balaban J connectivity index is 1.96. The molecule has 0 unspecified atom stereocenters. The summed E-state index contributed by atoms with van der Waals surface area (Å²) in [7, 11) is 0. The van der Waals surface area contributed by atoms with Gasteiger partial charge in [-0.15, -0.1) is 0 Å². The zero-order valence-electron chi connectivity index (χ0n) is 9.02. The lowest BCUT2D eigenvalue weighted by atomic mass is 10.1. The molecule has 0 spiro atoms. The summed E-state index contributed by atoms with van der Waals surface area (Å²) >= 11 is 0. The average Bonchev–Trinajstić information content (AvgIpc) is 3.04. The molecular weight excluding hydrogens is 202 g/mol. The van der Waals surface area contributed by atoms with Gasteiger partial charge in [0.1, 0.15) is 17.6 Å². The van der Waals surface area contributed by atoms with Crippen molar-refractivity contribution in [3.05, 3.63) is 23.3 Å². The van der Waals surface area contributed by atoms with E-state index in [1.165, 1.54) is 0 Å². The van der Waals surface area contributed by atoms with Crippen molar-refractivity contribution in [3.63, 3.8) is 0 Å². The van der Waals surface area contributed by atoms with Gasteiger partial charge in [0.2, 0.25) is 0 Å². The number of aromatic nitrogens is 2. The number of hydrogen-bond donors (Lipinski definition) is 0. The summed E-state index contributed by atoms with van der Waals surface area (Å²) in [4.78, 5) is 8.80. The van der Waals surface area contributed by atoms with Crippen molar-refractivity contribution in [3.8, 4) is 6.07 Å². The highest BCUT2D eigenvalue weighted by Gasteiger charge is 2.29. The van der Waals surface area contributed by atoms with E-state index in [-0.39, 0.29) is 6.10 Å². The van der Waals surface area contributed by atoms with Gasteiger partial charge in [0, 0.05) is 12.5 Å². The first kappa shape index (κ1) is 9.73. The minimum atomic E-state index is 0.0765. The maximum Gasteiger partial charge on any atom is 0.144 e. The van der Waals surface area contributed by atoms with Crippen molar-refractivity contribution in [2.24, 2.45) is 0 Å². The molecule has 1 aromatic rings. The Bertz CT molecular complexity index is 442. The summed E-state index contributed by atoms with van der Waals surface area (Å²) in [6.45, 7) is 0.801. The topological polar surface area (TPSA) is 58.8 Å². The Morgan fingerprint density at radius 3 is 2.81 bits per heavy atom. The third-order valence-electron chi connectivity index (χ3n) is 3.08. The van der Waals surface area contributed by atoms with Gasteiger partial charge in [0.15, 0.2) is 0 Å². The molecule has 2 aliphatic rings. The van der Waals surface area contributed by atoms with Crippen molar-refractivity contribution < 1.29 is 4.74 Å². The van der Waals surface area contributed by atoms with Gasteiger partial charge in [0.05, 0.1) is 11.8 Å². The number of hydrogen-bond acceptors (Lipinski definition) is 4. The van der Waals surface area contributed by atoms with E-state index in [1.807, 2.05) is 0 Å². The average molecular weight is 215 g/mol. The third kappa shape index (κ3) is 1.79. The molecule has 16 heavy (non-hydrogen) atoms. The largest absolute Gasteiger partial charge is 0.372 e. The maximum absolute atomic E-state index is 8.95. The predicted octanol–water partition coefficient (Wildman–Crippen LogP) is 2.08. The zero-order chi connectivity index (χ0) is 11.0. The van der Waals surface area contributed by atoms with Crippen molar-refractivity contribution >= 4 is 0 Å². The number of rotatable bonds is 2. The summed E-state index contributed by atoms with van der Waals surface area (Å²) in [6, 6.07) is 3.87. The lowest BCUT2D eigenvalue weighted by Gasteiger charge is -2.10. The molecular formula is C12H13N3O. The first-order valence-electron chi connectivity index (χ1n) is 5.77. The second-order valence-corrected chi connectivity index (χ2v) is 4.42. The summed E-state index contributed by atoms with van der Waals surface area (Å²) in [5.74, 6) is 1.32. The zero-order valence-corrected chi connectivity index (χ0v) is 9.02. The second-order valence-electron chi connectivity index (χ2n) is 4.42. The minimum absolute atomic E-state index is 0.0765. The molecule has 82 valence electrons. The van der Waals surface area contributed by atoms with Crippen LogP contribution in [0.2, 0.25) is 0 Å². The van der Waals surface area contributed by atoms with E-state index >= 15 is 0 Å². The van der Waals surface area contributed by atoms with Crippen LogP contribution in [0.25, 0.3) is 0 Å². The second kappa shape index (κ2) is 3.84. The van der Waals surface area contributed by atoms with Crippen LogP contribution < -0.4 is 0 Å². The van der Waals surface area contributed by atoms with E-state index in [4.69, 9.17) is 10.00 Å². The minimum Gasteiger partial charge on any atom is -0.372 e. The fourth-order valence-corrected chi connectivity index (χ4v) is 2.04. The predicted molar refractivity (Wildman–Crippen MR) is 56.6 cm³/mol. The molecule has 4 nitrogen and oxygen atoms in total. The molecule has 3 rings (SSSR count). The van der Waals surface area contributed by atoms with Crippen LogP contribution in [0.1, 0.15) is 54.9 Å². The van der Waals surface area contributed by atoms with E-state index in [9.17, 15) is 0 Å². The van der Waals surface area contributed by atoms with Gasteiger partial charge in [0.25, 0.3) is 0 Å². The normalized spacial score (nSPS) is 24.3. The van der Waals surface area contributed by atoms with E-state index in [0.29, 0.717) is 11.6 Å². The molecule has 0 bridgehead atoms. The van der Waals surface area contributed by atoms with E-state index in [2.05, 4.69) is 16.0 Å². The first-order chi connectivity index (χ1) is 7.86. The van der Waals surface area contributed by atoms with Crippen LogP contribution in [0.4, 0.5) is 0 Å². The van der Waals surface area contributed by atoms with Gasteiger partial charge in [-0.3, -0.25) is 0 Å². The number of nitriles is 1. The summed E-state index contributed by atoms with van der Waals surface area (Å²) in [5, 5.41) is 8.95. The van der Waals surface area contributed by atoms with Crippen LogP contribution in [0.5, 0.6) is 0 Å². The van der Waals surface area contributed by atoms with Crippen molar-refractivity contribution in [1.29, 1.82) is 5.26 Å². The molecule has 1 saturated carbocycles. The fourth-order valence-electron chi connectivity index (χ4n) is 2.04. The first-order valence-corrected chi connectivity index (χ1v) is 5.77. The van der Waals surface area contributed by atoms with Crippen LogP contribution in [0, 0.1) is 11.3 Å². The Labute approximate surface area is 94.3 Å². The molecule has 1 aliphatic carbocycles. The smallest absolute Gasteiger partial charge is 0.144 e. The van der Waals surface area contributed by atoms with Crippen molar-refractivity contribution in [2.45, 2.75) is 37.7 Å². The molecule has 1 saturated heterocycles. The Morgan fingerprint density at radius 2 is 2.19 bits per heavy atom. The van der Waals surface area contributed by atoms with Crippen LogP contribution in [0.3, 0.4) is 0 Å². The van der Waals surface area contributed by atoms with Crippen molar-refractivity contribution in [2.75, 3.05) is 6.61 Å². The van der Waals surface area contributed by atoms with Gasteiger partial charge in [-0.2, -0.15) is 5.26 Å². The van der Waals surface area contributed by atoms with Crippen molar-refractivity contribution in [1.82, 2.24) is 9.97 Å². The quantitative estimate of drug-likeness (QED) is 0.757. The molecule has 2 heterocycles. The van der Waals surface area contributed by atoms with E-state index in [0.717, 1.165) is 43.8 Å². The van der Waals surface area contributed by atoms with E-state index < -0.39 is 0 Å². The Hall–Kier alpha value is -1.47. The Kier molecular flexibility index (Phi) is 2.33. The summed E-state index contributed by atoms with van der Waals surface area (Å²) in [6.07, 6.45) is 4.47. The lowest BCUT2D eigenvalue weighted by Crippen LogP contribution is -2.05. The molecule has 0 N–H and O–H groups in total. The molecule has 1 atom stereocenters. The lowest BCUT2D eigenvalue weighted by molar-refractivity contribution is 0.108. The highest BCUT2D eigenvalue weighted by Crippen LogP contribution is 2.39. The maximum atomic E-state index is 8.95. The van der Waals surface area contributed by atoms with Crippen LogP contribution >= 0.6 is 0 Å². The standard InChI is InChI=1S/C12H13N3O/c13-7-9-6-10(11-2-1-5-16-11)15-12(14-9)8-3-4-8/h6,8,11H,1-5H2/t11-/m0/s1. The fraction of sp³-hybridized carbons (Fsp3) is 0.583. The van der Waals surface area contributed by atoms with Gasteiger partial charge in [-0.1, -0.05) is 0 Å².